The van der Waals surface area contributed by atoms with Crippen LogP contribution in [0.25, 0.3) is 11.3 Å². The van der Waals surface area contributed by atoms with E-state index in [0.29, 0.717) is 6.54 Å². The topological polar surface area (TPSA) is 67.3 Å². The van der Waals surface area contributed by atoms with Crippen molar-refractivity contribution in [2.45, 2.75) is 19.3 Å². The Morgan fingerprint density at radius 1 is 1.00 bits per heavy atom. The quantitative estimate of drug-likeness (QED) is 0.636. The first-order valence-corrected chi connectivity index (χ1v) is 10.8. The van der Waals surface area contributed by atoms with Gasteiger partial charge in [-0.15, -0.1) is 10.2 Å². The second-order valence-corrected chi connectivity index (χ2v) is 7.77. The molecule has 2 heterocycles. The molecule has 6 nitrogen and oxygen atoms in total. The zero-order valence-electron chi connectivity index (χ0n) is 17.8. The maximum Gasteiger partial charge on any atom is 0.223 e. The molecule has 4 rings (SSSR count). The number of benzene rings is 2. The summed E-state index contributed by atoms with van der Waals surface area (Å²) in [5.74, 6) is 1.85. The molecule has 1 aromatic heterocycles. The van der Waals surface area contributed by atoms with Gasteiger partial charge in [0.05, 0.1) is 12.8 Å². The first-order chi connectivity index (χ1) is 15.2. The lowest BCUT2D eigenvalue weighted by Crippen LogP contribution is -2.41. The van der Waals surface area contributed by atoms with Gasteiger partial charge < -0.3 is 15.0 Å². The van der Waals surface area contributed by atoms with Gasteiger partial charge in [0.2, 0.25) is 5.91 Å². The van der Waals surface area contributed by atoms with Gasteiger partial charge in [0.25, 0.3) is 0 Å². The van der Waals surface area contributed by atoms with Crippen molar-refractivity contribution >= 4 is 11.7 Å². The van der Waals surface area contributed by atoms with Gasteiger partial charge in [0.15, 0.2) is 5.82 Å². The van der Waals surface area contributed by atoms with Crippen LogP contribution >= 0.6 is 0 Å². The Bertz CT molecular complexity index is 984. The van der Waals surface area contributed by atoms with Crippen LogP contribution in [0.4, 0.5) is 5.82 Å². The normalized spacial score (nSPS) is 14.3. The molecule has 6 heteroatoms. The molecular weight excluding hydrogens is 388 g/mol. The van der Waals surface area contributed by atoms with Crippen LogP contribution in [0.15, 0.2) is 66.7 Å². The molecule has 3 aromatic rings. The van der Waals surface area contributed by atoms with E-state index >= 15 is 0 Å². The summed E-state index contributed by atoms with van der Waals surface area (Å²) in [6.07, 6.45) is 2.51. The fourth-order valence-corrected chi connectivity index (χ4v) is 3.98. The lowest BCUT2D eigenvalue weighted by molar-refractivity contribution is -0.125. The summed E-state index contributed by atoms with van der Waals surface area (Å²) in [5, 5.41) is 11.9. The number of anilines is 1. The van der Waals surface area contributed by atoms with Crippen LogP contribution < -0.4 is 15.0 Å². The van der Waals surface area contributed by atoms with Crippen molar-refractivity contribution in [3.05, 3.63) is 72.3 Å². The number of ether oxygens (including phenoxy) is 1. The number of rotatable bonds is 7. The Kier molecular flexibility index (Phi) is 6.77. The Labute approximate surface area is 183 Å². The molecule has 0 saturated carbocycles. The fraction of sp³-hybridized carbons (Fsp3) is 0.320. The van der Waals surface area contributed by atoms with Crippen molar-refractivity contribution in [1.29, 1.82) is 0 Å². The summed E-state index contributed by atoms with van der Waals surface area (Å²) in [6, 6.07) is 22.0. The van der Waals surface area contributed by atoms with Crippen LogP contribution in [0.1, 0.15) is 18.4 Å². The van der Waals surface area contributed by atoms with Crippen LogP contribution in [0, 0.1) is 5.92 Å². The summed E-state index contributed by atoms with van der Waals surface area (Å²) < 4.78 is 5.42. The highest BCUT2D eigenvalue weighted by atomic mass is 16.5. The Hall–Kier alpha value is -3.41. The number of hydrogen-bond donors (Lipinski definition) is 1. The molecule has 1 fully saturated rings. The third-order valence-corrected chi connectivity index (χ3v) is 5.78. The maximum atomic E-state index is 12.5. The van der Waals surface area contributed by atoms with E-state index in [1.165, 1.54) is 5.56 Å². The van der Waals surface area contributed by atoms with Gasteiger partial charge in [-0.3, -0.25) is 4.79 Å². The van der Waals surface area contributed by atoms with Crippen molar-refractivity contribution in [2.24, 2.45) is 5.92 Å². The smallest absolute Gasteiger partial charge is 0.223 e. The van der Waals surface area contributed by atoms with E-state index in [0.717, 1.165) is 55.2 Å². The van der Waals surface area contributed by atoms with Crippen LogP contribution in [0.2, 0.25) is 0 Å². The summed E-state index contributed by atoms with van der Waals surface area (Å²) >= 11 is 0. The number of amides is 1. The van der Waals surface area contributed by atoms with Crippen LogP contribution in [0.5, 0.6) is 5.75 Å². The molecule has 0 spiro atoms. The van der Waals surface area contributed by atoms with Gasteiger partial charge in [0, 0.05) is 31.1 Å². The van der Waals surface area contributed by atoms with Crippen LogP contribution in [-0.2, 0) is 11.2 Å². The highest BCUT2D eigenvalue weighted by molar-refractivity contribution is 5.79. The van der Waals surface area contributed by atoms with Gasteiger partial charge >= 0.3 is 0 Å². The minimum atomic E-state index is 0.0628. The minimum absolute atomic E-state index is 0.0628. The van der Waals surface area contributed by atoms with E-state index in [1.807, 2.05) is 54.6 Å². The molecule has 0 atom stereocenters. The second-order valence-electron chi connectivity index (χ2n) is 7.77. The number of carbonyl (C=O) groups excluding carboxylic acids is 1. The number of piperidine rings is 1. The predicted octanol–water partition coefficient (Wildman–Crippen LogP) is 3.73. The molecule has 1 saturated heterocycles. The largest absolute Gasteiger partial charge is 0.496 e. The number of aromatic nitrogens is 2. The Morgan fingerprint density at radius 2 is 1.74 bits per heavy atom. The number of methoxy groups -OCH3 is 1. The summed E-state index contributed by atoms with van der Waals surface area (Å²) in [7, 11) is 1.66. The molecule has 160 valence electrons. The number of hydrogen-bond acceptors (Lipinski definition) is 5. The highest BCUT2D eigenvalue weighted by Crippen LogP contribution is 2.29. The van der Waals surface area contributed by atoms with E-state index in [2.05, 4.69) is 32.5 Å². The first-order valence-electron chi connectivity index (χ1n) is 10.8. The molecular formula is C25H28N4O2. The molecule has 2 aromatic carbocycles. The standard InChI is InChI=1S/C25H28N4O2/c1-31-23-10-6-5-9-21(23)22-11-12-24(28-27-22)29-17-14-20(15-18-29)25(30)26-16-13-19-7-3-2-4-8-19/h2-12,20H,13-18H2,1H3,(H,26,30). The first kappa shape index (κ1) is 20.8. The molecule has 1 N–H and O–H groups in total. The van der Waals surface area contributed by atoms with E-state index in [9.17, 15) is 4.79 Å². The van der Waals surface area contributed by atoms with Crippen molar-refractivity contribution in [3.8, 4) is 17.0 Å². The van der Waals surface area contributed by atoms with Crippen LogP contribution in [-0.4, -0.2) is 42.8 Å². The third-order valence-electron chi connectivity index (χ3n) is 5.78. The lowest BCUT2D eigenvalue weighted by Gasteiger charge is -2.31. The summed E-state index contributed by atoms with van der Waals surface area (Å²) in [5.41, 5.74) is 2.96. The van der Waals surface area contributed by atoms with E-state index < -0.39 is 0 Å². The van der Waals surface area contributed by atoms with Gasteiger partial charge in [0.1, 0.15) is 5.75 Å². The second kappa shape index (κ2) is 10.1. The zero-order valence-corrected chi connectivity index (χ0v) is 17.8. The predicted molar refractivity (Wildman–Crippen MR) is 122 cm³/mol. The molecule has 0 bridgehead atoms. The van der Waals surface area contributed by atoms with Gasteiger partial charge in [-0.1, -0.05) is 42.5 Å². The van der Waals surface area contributed by atoms with Crippen molar-refractivity contribution in [1.82, 2.24) is 15.5 Å². The number of carbonyl (C=O) groups is 1. The molecule has 31 heavy (non-hydrogen) atoms. The Morgan fingerprint density at radius 3 is 2.45 bits per heavy atom. The highest BCUT2D eigenvalue weighted by Gasteiger charge is 2.25. The number of nitrogens with zero attached hydrogens (tertiary/aromatic N) is 3. The van der Waals surface area contributed by atoms with E-state index in [-0.39, 0.29) is 11.8 Å². The van der Waals surface area contributed by atoms with Gasteiger partial charge in [-0.2, -0.15) is 0 Å². The number of nitrogens with one attached hydrogen (secondary N) is 1. The fourth-order valence-electron chi connectivity index (χ4n) is 3.98. The third kappa shape index (κ3) is 5.20. The monoisotopic (exact) mass is 416 g/mol. The molecule has 1 aliphatic heterocycles. The summed E-state index contributed by atoms with van der Waals surface area (Å²) in [4.78, 5) is 14.7. The van der Waals surface area contributed by atoms with Gasteiger partial charge in [-0.05, 0) is 49.1 Å². The zero-order chi connectivity index (χ0) is 21.5. The molecule has 1 aliphatic rings. The lowest BCUT2D eigenvalue weighted by atomic mass is 9.96. The van der Waals surface area contributed by atoms with E-state index in [4.69, 9.17) is 4.74 Å². The molecule has 0 radical (unpaired) electrons. The average Bonchev–Trinajstić information content (AvgIpc) is 2.85. The minimum Gasteiger partial charge on any atom is -0.496 e. The molecule has 1 amide bonds. The number of para-hydroxylation sites is 1. The van der Waals surface area contributed by atoms with Crippen molar-refractivity contribution in [3.63, 3.8) is 0 Å². The molecule has 0 unspecified atom stereocenters. The Balaban J connectivity index is 1.28. The van der Waals surface area contributed by atoms with Gasteiger partial charge in [-0.25, -0.2) is 0 Å². The summed E-state index contributed by atoms with van der Waals surface area (Å²) in [6.45, 7) is 2.29. The van der Waals surface area contributed by atoms with Crippen LogP contribution in [0.3, 0.4) is 0 Å². The van der Waals surface area contributed by atoms with E-state index in [1.54, 1.807) is 7.11 Å². The SMILES string of the molecule is COc1ccccc1-c1ccc(N2CCC(C(=O)NCCc3ccccc3)CC2)nn1. The van der Waals surface area contributed by atoms with Crippen molar-refractivity contribution < 1.29 is 9.53 Å². The average molecular weight is 417 g/mol. The maximum absolute atomic E-state index is 12.5. The molecule has 0 aliphatic carbocycles. The van der Waals surface area contributed by atoms with Crippen molar-refractivity contribution in [2.75, 3.05) is 31.6 Å².